The third kappa shape index (κ3) is 5.95. The minimum atomic E-state index is -0.577. The summed E-state index contributed by atoms with van der Waals surface area (Å²) in [6.45, 7) is 0.697. The number of aliphatic imine (C=N–C) groups is 1. The molecule has 1 aromatic heterocycles. The molecule has 0 aliphatic carbocycles. The highest BCUT2D eigenvalue weighted by atomic mass is 127. The third-order valence-electron chi connectivity index (χ3n) is 4.30. The van der Waals surface area contributed by atoms with E-state index in [9.17, 15) is 8.78 Å². The van der Waals surface area contributed by atoms with Crippen molar-refractivity contribution < 1.29 is 8.78 Å². The average molecular weight is 546 g/mol. The minimum Gasteiger partial charge on any atom is -0.354 e. The molecule has 0 amide bonds. The van der Waals surface area contributed by atoms with Crippen LogP contribution < -0.4 is 10.6 Å². The van der Waals surface area contributed by atoms with Crippen molar-refractivity contribution in [3.8, 4) is 0 Å². The first-order valence-corrected chi connectivity index (χ1v) is 9.06. The van der Waals surface area contributed by atoms with Crippen LogP contribution in [0.3, 0.4) is 0 Å². The number of rotatable bonds is 6. The first-order valence-electron chi connectivity index (χ1n) is 8.30. The highest BCUT2D eigenvalue weighted by Crippen LogP contribution is 2.25. The standard InChI is InChI=1S/C18H23Cl2F2N5.HI/c1-23-18(24-9-11-8-12(19)17(20)27(11)4)25-10-15(26(2)3)16-13(21)6-5-7-14(16)22;/h5-8,15H,9-10H2,1-4H3,(H2,23,24,25);1H. The van der Waals surface area contributed by atoms with Gasteiger partial charge >= 0.3 is 0 Å². The predicted molar refractivity (Wildman–Crippen MR) is 122 cm³/mol. The number of benzene rings is 1. The van der Waals surface area contributed by atoms with E-state index >= 15 is 0 Å². The number of hydrogen-bond acceptors (Lipinski definition) is 2. The summed E-state index contributed by atoms with van der Waals surface area (Å²) >= 11 is 12.1. The molecule has 0 fully saturated rings. The van der Waals surface area contributed by atoms with Gasteiger partial charge in [0.15, 0.2) is 5.96 Å². The van der Waals surface area contributed by atoms with Gasteiger partial charge in [0.2, 0.25) is 0 Å². The SMILES string of the molecule is CN=C(NCc1cc(Cl)c(Cl)n1C)NCC(c1c(F)cccc1F)N(C)C.I. The lowest BCUT2D eigenvalue weighted by Gasteiger charge is -2.26. The van der Waals surface area contributed by atoms with E-state index in [1.165, 1.54) is 18.2 Å². The Balaban J connectivity index is 0.00000392. The fraction of sp³-hybridized carbons (Fsp3) is 0.389. The summed E-state index contributed by atoms with van der Waals surface area (Å²) in [5.74, 6) is -0.662. The average Bonchev–Trinajstić information content (AvgIpc) is 2.86. The first kappa shape index (κ1) is 24.9. The van der Waals surface area contributed by atoms with Gasteiger partial charge in [0.05, 0.1) is 17.6 Å². The molecule has 2 rings (SSSR count). The van der Waals surface area contributed by atoms with Gasteiger partial charge in [-0.15, -0.1) is 24.0 Å². The molecule has 1 aromatic carbocycles. The van der Waals surface area contributed by atoms with Gasteiger partial charge < -0.3 is 20.1 Å². The Bertz CT molecular complexity index is 806. The molecule has 0 radical (unpaired) electrons. The molecule has 2 N–H and O–H groups in total. The maximum Gasteiger partial charge on any atom is 0.191 e. The van der Waals surface area contributed by atoms with Crippen LogP contribution in [-0.2, 0) is 13.6 Å². The van der Waals surface area contributed by atoms with Gasteiger partial charge in [-0.2, -0.15) is 0 Å². The third-order valence-corrected chi connectivity index (χ3v) is 5.14. The Labute approximate surface area is 191 Å². The number of nitrogens with one attached hydrogen (secondary N) is 2. The van der Waals surface area contributed by atoms with Crippen molar-refractivity contribution in [2.24, 2.45) is 12.0 Å². The molecule has 156 valence electrons. The Hall–Kier alpha value is -1.10. The molecule has 1 heterocycles. The Kier molecular flexibility index (Phi) is 9.96. The number of aromatic nitrogens is 1. The molecule has 1 atom stereocenters. The zero-order valence-corrected chi connectivity index (χ0v) is 19.9. The highest BCUT2D eigenvalue weighted by Gasteiger charge is 2.22. The summed E-state index contributed by atoms with van der Waals surface area (Å²) in [7, 11) is 6.96. The van der Waals surface area contributed by atoms with E-state index in [1.807, 2.05) is 7.05 Å². The molecule has 0 saturated carbocycles. The fourth-order valence-corrected chi connectivity index (χ4v) is 3.13. The van der Waals surface area contributed by atoms with E-state index in [2.05, 4.69) is 15.6 Å². The lowest BCUT2D eigenvalue weighted by Crippen LogP contribution is -2.42. The first-order chi connectivity index (χ1) is 12.8. The van der Waals surface area contributed by atoms with Gasteiger partial charge in [-0.25, -0.2) is 8.78 Å². The van der Waals surface area contributed by atoms with Crippen LogP contribution in [0, 0.1) is 11.6 Å². The summed E-state index contributed by atoms with van der Waals surface area (Å²) in [6.07, 6.45) is 0. The summed E-state index contributed by atoms with van der Waals surface area (Å²) in [5, 5.41) is 7.17. The van der Waals surface area contributed by atoms with Gasteiger partial charge in [-0.1, -0.05) is 29.3 Å². The van der Waals surface area contributed by atoms with E-state index in [-0.39, 0.29) is 36.1 Å². The Morgan fingerprint density at radius 2 is 1.82 bits per heavy atom. The van der Waals surface area contributed by atoms with Crippen molar-refractivity contribution >= 4 is 53.1 Å². The van der Waals surface area contributed by atoms with Crippen LogP contribution >= 0.6 is 47.2 Å². The van der Waals surface area contributed by atoms with Crippen LogP contribution in [0.15, 0.2) is 29.3 Å². The quantitative estimate of drug-likeness (QED) is 0.325. The molecule has 28 heavy (non-hydrogen) atoms. The predicted octanol–water partition coefficient (Wildman–Crippen LogP) is 4.20. The zero-order valence-electron chi connectivity index (χ0n) is 16.1. The van der Waals surface area contributed by atoms with Gasteiger partial charge in [0.25, 0.3) is 0 Å². The number of nitrogens with zero attached hydrogens (tertiary/aromatic N) is 3. The minimum absolute atomic E-state index is 0. The highest BCUT2D eigenvalue weighted by molar-refractivity contribution is 14.0. The van der Waals surface area contributed by atoms with Crippen LogP contribution in [-0.4, -0.2) is 43.1 Å². The Morgan fingerprint density at radius 3 is 2.29 bits per heavy atom. The van der Waals surface area contributed by atoms with Crippen molar-refractivity contribution in [3.05, 3.63) is 57.3 Å². The molecule has 10 heteroatoms. The van der Waals surface area contributed by atoms with Crippen LogP contribution in [0.1, 0.15) is 17.3 Å². The normalized spacial score (nSPS) is 12.7. The van der Waals surface area contributed by atoms with Crippen LogP contribution in [0.25, 0.3) is 0 Å². The van der Waals surface area contributed by atoms with E-state index < -0.39 is 17.7 Å². The van der Waals surface area contributed by atoms with Crippen LogP contribution in [0.4, 0.5) is 8.78 Å². The van der Waals surface area contributed by atoms with Crippen molar-refractivity contribution in [3.63, 3.8) is 0 Å². The van der Waals surface area contributed by atoms with E-state index in [1.54, 1.807) is 36.7 Å². The number of hydrogen-bond donors (Lipinski definition) is 2. The second-order valence-electron chi connectivity index (χ2n) is 6.25. The summed E-state index contributed by atoms with van der Waals surface area (Å²) < 4.78 is 30.1. The molecule has 0 saturated heterocycles. The van der Waals surface area contributed by atoms with Crippen molar-refractivity contribution in [2.45, 2.75) is 12.6 Å². The van der Waals surface area contributed by atoms with Crippen molar-refractivity contribution in [1.29, 1.82) is 0 Å². The molecule has 1 unspecified atom stereocenters. The molecule has 5 nitrogen and oxygen atoms in total. The van der Waals surface area contributed by atoms with Gasteiger partial charge in [0.1, 0.15) is 16.8 Å². The molecule has 0 aliphatic rings. The number of likely N-dealkylation sites (N-methyl/N-ethyl adjacent to an activating group) is 1. The largest absolute Gasteiger partial charge is 0.354 e. The molecular weight excluding hydrogens is 522 g/mol. The maximum atomic E-state index is 14.2. The van der Waals surface area contributed by atoms with Crippen molar-refractivity contribution in [1.82, 2.24) is 20.1 Å². The number of halogens is 5. The molecule has 0 bridgehead atoms. The van der Waals surface area contributed by atoms with Crippen LogP contribution in [0.2, 0.25) is 10.2 Å². The van der Waals surface area contributed by atoms with Crippen LogP contribution in [0.5, 0.6) is 0 Å². The van der Waals surface area contributed by atoms with E-state index in [0.717, 1.165) is 5.69 Å². The molecule has 0 spiro atoms. The summed E-state index contributed by atoms with van der Waals surface area (Å²) in [5.41, 5.74) is 0.892. The fourth-order valence-electron chi connectivity index (χ4n) is 2.72. The molecule has 0 aliphatic heterocycles. The summed E-state index contributed by atoms with van der Waals surface area (Å²) in [4.78, 5) is 5.89. The Morgan fingerprint density at radius 1 is 1.21 bits per heavy atom. The van der Waals surface area contributed by atoms with Gasteiger partial charge in [0, 0.05) is 31.9 Å². The van der Waals surface area contributed by atoms with Gasteiger partial charge in [-0.05, 0) is 32.3 Å². The number of guanidine groups is 1. The summed E-state index contributed by atoms with van der Waals surface area (Å²) in [6, 6.07) is 5.12. The zero-order chi connectivity index (χ0) is 20.1. The van der Waals surface area contributed by atoms with Crippen molar-refractivity contribution in [2.75, 3.05) is 27.7 Å². The van der Waals surface area contributed by atoms with Gasteiger partial charge in [-0.3, -0.25) is 4.99 Å². The lowest BCUT2D eigenvalue weighted by atomic mass is 10.0. The smallest absolute Gasteiger partial charge is 0.191 e. The van der Waals surface area contributed by atoms with E-state index in [0.29, 0.717) is 22.7 Å². The molecular formula is C18H24Cl2F2IN5. The maximum absolute atomic E-state index is 14.2. The second-order valence-corrected chi connectivity index (χ2v) is 7.02. The molecule has 2 aromatic rings. The topological polar surface area (TPSA) is 44.6 Å². The lowest BCUT2D eigenvalue weighted by molar-refractivity contribution is 0.282. The van der Waals surface area contributed by atoms with E-state index in [4.69, 9.17) is 23.2 Å². The monoisotopic (exact) mass is 545 g/mol. The second kappa shape index (κ2) is 11.2.